The highest BCUT2D eigenvalue weighted by Crippen LogP contribution is 2.34. The Labute approximate surface area is 215 Å². The standard InChI is InChI=1S/C34H47N/c1-8-29(9-2)23-35-22-21-34-28(7)30(16-12-17-31(34)24-35)19-20-33-27(6)15-11-18-32(33)26(5)14-10-13-25(3)4/h10-16,18,29H,5,8-9,17,19-24H2,1-4,6-7H3/b14-10-. The smallest absolute Gasteiger partial charge is 0.0202 e. The van der Waals surface area contributed by atoms with Crippen molar-refractivity contribution in [1.29, 1.82) is 0 Å². The zero-order chi connectivity index (χ0) is 25.4. The average molecular weight is 470 g/mol. The maximum atomic E-state index is 4.39. The van der Waals surface area contributed by atoms with Crippen LogP contribution in [0, 0.1) is 12.8 Å². The van der Waals surface area contributed by atoms with Crippen molar-refractivity contribution < 1.29 is 0 Å². The van der Waals surface area contributed by atoms with Crippen LogP contribution in [0.4, 0.5) is 0 Å². The molecule has 0 atom stereocenters. The van der Waals surface area contributed by atoms with Crippen molar-refractivity contribution in [1.82, 2.24) is 4.90 Å². The predicted octanol–water partition coefficient (Wildman–Crippen LogP) is 9.18. The Kier molecular flexibility index (Phi) is 10.2. The number of hydrogen-bond acceptors (Lipinski definition) is 1. The van der Waals surface area contributed by atoms with Crippen LogP contribution in [0.15, 0.2) is 83.0 Å². The van der Waals surface area contributed by atoms with Gasteiger partial charge in [-0.3, -0.25) is 4.90 Å². The summed E-state index contributed by atoms with van der Waals surface area (Å²) >= 11 is 0. The maximum absolute atomic E-state index is 4.39. The van der Waals surface area contributed by atoms with E-state index < -0.39 is 0 Å². The van der Waals surface area contributed by atoms with Gasteiger partial charge in [-0.05, 0) is 104 Å². The molecule has 188 valence electrons. The first-order chi connectivity index (χ1) is 16.8. The van der Waals surface area contributed by atoms with E-state index in [1.807, 2.05) is 0 Å². The molecule has 2 aliphatic rings. The van der Waals surface area contributed by atoms with Gasteiger partial charge in [-0.15, -0.1) is 0 Å². The van der Waals surface area contributed by atoms with Gasteiger partial charge < -0.3 is 0 Å². The number of allylic oxidation sites excluding steroid dienone is 9. The van der Waals surface area contributed by atoms with Gasteiger partial charge in [0.25, 0.3) is 0 Å². The van der Waals surface area contributed by atoms with Gasteiger partial charge in [0.1, 0.15) is 0 Å². The SMILES string of the molecule is C=C(/C=C\C=C(C)C)c1cccc(C)c1CCC1=C(C)C2=C(CC=C1)CN(CC(CC)CC)CC2. The van der Waals surface area contributed by atoms with E-state index in [0.29, 0.717) is 0 Å². The first kappa shape index (κ1) is 27.2. The molecule has 0 N–H and O–H groups in total. The normalized spacial score (nSPS) is 16.8. The van der Waals surface area contributed by atoms with Gasteiger partial charge in [0.2, 0.25) is 0 Å². The van der Waals surface area contributed by atoms with Crippen molar-refractivity contribution in [2.24, 2.45) is 5.92 Å². The van der Waals surface area contributed by atoms with Gasteiger partial charge in [-0.1, -0.05) is 87.4 Å². The van der Waals surface area contributed by atoms with E-state index in [2.05, 4.69) is 102 Å². The summed E-state index contributed by atoms with van der Waals surface area (Å²) in [6.07, 6.45) is 18.3. The Hall–Kier alpha value is -2.38. The summed E-state index contributed by atoms with van der Waals surface area (Å²) in [7, 11) is 0. The number of rotatable bonds is 10. The third kappa shape index (κ3) is 7.31. The molecule has 0 bridgehead atoms. The van der Waals surface area contributed by atoms with E-state index in [1.54, 1.807) is 11.1 Å². The quantitative estimate of drug-likeness (QED) is 0.309. The second-order valence-corrected chi connectivity index (χ2v) is 10.7. The summed E-state index contributed by atoms with van der Waals surface area (Å²) in [5.74, 6) is 0.834. The minimum absolute atomic E-state index is 0.834. The summed E-state index contributed by atoms with van der Waals surface area (Å²) < 4.78 is 0. The van der Waals surface area contributed by atoms with Gasteiger partial charge in [0.05, 0.1) is 0 Å². The molecule has 1 aliphatic heterocycles. The van der Waals surface area contributed by atoms with E-state index in [9.17, 15) is 0 Å². The number of benzene rings is 1. The summed E-state index contributed by atoms with van der Waals surface area (Å²) in [5, 5.41) is 0. The first-order valence-corrected chi connectivity index (χ1v) is 13.7. The molecule has 1 aliphatic carbocycles. The summed E-state index contributed by atoms with van der Waals surface area (Å²) in [4.78, 5) is 2.70. The predicted molar refractivity (Wildman–Crippen MR) is 156 cm³/mol. The van der Waals surface area contributed by atoms with Gasteiger partial charge >= 0.3 is 0 Å². The van der Waals surface area contributed by atoms with Crippen molar-refractivity contribution >= 4 is 5.57 Å². The van der Waals surface area contributed by atoms with E-state index in [-0.39, 0.29) is 0 Å². The Morgan fingerprint density at radius 2 is 1.89 bits per heavy atom. The monoisotopic (exact) mass is 469 g/mol. The molecule has 0 aromatic heterocycles. The van der Waals surface area contributed by atoms with Crippen molar-refractivity contribution in [2.45, 2.75) is 80.1 Å². The van der Waals surface area contributed by atoms with Crippen LogP contribution >= 0.6 is 0 Å². The fraction of sp³-hybridized carbons (Fsp3) is 0.471. The Bertz CT molecular complexity index is 1050. The molecular formula is C34H47N. The van der Waals surface area contributed by atoms with Crippen LogP contribution in [0.1, 0.15) is 83.4 Å². The molecule has 3 rings (SSSR count). The van der Waals surface area contributed by atoms with E-state index in [0.717, 1.165) is 37.3 Å². The van der Waals surface area contributed by atoms with Crippen LogP contribution in [0.3, 0.4) is 0 Å². The molecular weight excluding hydrogens is 422 g/mol. The lowest BCUT2D eigenvalue weighted by Gasteiger charge is -2.33. The highest BCUT2D eigenvalue weighted by atomic mass is 15.1. The second kappa shape index (κ2) is 13.1. The Morgan fingerprint density at radius 3 is 2.60 bits per heavy atom. The number of hydrogen-bond donors (Lipinski definition) is 0. The van der Waals surface area contributed by atoms with E-state index >= 15 is 0 Å². The van der Waals surface area contributed by atoms with Crippen LogP contribution in [0.5, 0.6) is 0 Å². The molecule has 0 amide bonds. The third-order valence-electron chi connectivity index (χ3n) is 7.94. The van der Waals surface area contributed by atoms with Crippen molar-refractivity contribution in [3.05, 3.63) is 99.7 Å². The summed E-state index contributed by atoms with van der Waals surface area (Å²) in [6, 6.07) is 6.64. The molecule has 35 heavy (non-hydrogen) atoms. The fourth-order valence-corrected chi connectivity index (χ4v) is 5.57. The van der Waals surface area contributed by atoms with Gasteiger partial charge in [-0.2, -0.15) is 0 Å². The van der Waals surface area contributed by atoms with Crippen LogP contribution in [-0.4, -0.2) is 24.5 Å². The average Bonchev–Trinajstić information content (AvgIpc) is 2.99. The molecule has 0 saturated heterocycles. The lowest BCUT2D eigenvalue weighted by molar-refractivity contribution is 0.231. The van der Waals surface area contributed by atoms with E-state index in [1.165, 1.54) is 65.8 Å². The highest BCUT2D eigenvalue weighted by molar-refractivity contribution is 5.75. The zero-order valence-corrected chi connectivity index (χ0v) is 23.2. The molecule has 1 nitrogen and oxygen atoms in total. The summed E-state index contributed by atoms with van der Waals surface area (Å²) in [5.41, 5.74) is 12.8. The van der Waals surface area contributed by atoms with Crippen LogP contribution in [0.2, 0.25) is 0 Å². The molecule has 1 aromatic rings. The molecule has 1 heteroatoms. The molecule has 0 saturated carbocycles. The van der Waals surface area contributed by atoms with Crippen LogP contribution in [-0.2, 0) is 6.42 Å². The summed E-state index contributed by atoms with van der Waals surface area (Å²) in [6.45, 7) is 21.5. The van der Waals surface area contributed by atoms with Crippen LogP contribution in [0.25, 0.3) is 5.57 Å². The van der Waals surface area contributed by atoms with Gasteiger partial charge in [-0.25, -0.2) is 0 Å². The van der Waals surface area contributed by atoms with Crippen LogP contribution < -0.4 is 0 Å². The fourth-order valence-electron chi connectivity index (χ4n) is 5.57. The topological polar surface area (TPSA) is 3.24 Å². The maximum Gasteiger partial charge on any atom is 0.0202 e. The third-order valence-corrected chi connectivity index (χ3v) is 7.94. The van der Waals surface area contributed by atoms with Gasteiger partial charge in [0, 0.05) is 19.6 Å². The molecule has 1 aromatic carbocycles. The largest absolute Gasteiger partial charge is 0.299 e. The lowest BCUT2D eigenvalue weighted by Crippen LogP contribution is -2.35. The zero-order valence-electron chi connectivity index (χ0n) is 23.2. The second-order valence-electron chi connectivity index (χ2n) is 10.7. The molecule has 0 spiro atoms. The highest BCUT2D eigenvalue weighted by Gasteiger charge is 2.23. The Morgan fingerprint density at radius 1 is 1.11 bits per heavy atom. The molecule has 0 unspecified atom stereocenters. The number of nitrogens with zero attached hydrogens (tertiary/aromatic N) is 1. The van der Waals surface area contributed by atoms with Crippen molar-refractivity contribution in [3.63, 3.8) is 0 Å². The van der Waals surface area contributed by atoms with Gasteiger partial charge in [0.15, 0.2) is 0 Å². The van der Waals surface area contributed by atoms with E-state index in [4.69, 9.17) is 0 Å². The molecule has 0 fully saturated rings. The minimum atomic E-state index is 0.834. The minimum Gasteiger partial charge on any atom is -0.299 e. The number of aryl methyl sites for hydroxylation is 1. The Balaban J connectivity index is 1.77. The van der Waals surface area contributed by atoms with Crippen molar-refractivity contribution in [3.8, 4) is 0 Å². The lowest BCUT2D eigenvalue weighted by atomic mass is 9.88. The molecule has 0 radical (unpaired) electrons. The molecule has 1 heterocycles. The van der Waals surface area contributed by atoms with Crippen molar-refractivity contribution in [2.75, 3.05) is 19.6 Å². The first-order valence-electron chi connectivity index (χ1n) is 13.7.